The summed E-state index contributed by atoms with van der Waals surface area (Å²) < 4.78 is 5.11. The van der Waals surface area contributed by atoms with Crippen molar-refractivity contribution in [2.45, 2.75) is 12.6 Å². The summed E-state index contributed by atoms with van der Waals surface area (Å²) in [6, 6.07) is 24.8. The van der Waals surface area contributed by atoms with Crippen molar-refractivity contribution in [3.63, 3.8) is 0 Å². The Labute approximate surface area is 157 Å². The van der Waals surface area contributed by atoms with Crippen LogP contribution in [0.5, 0.6) is 0 Å². The summed E-state index contributed by atoms with van der Waals surface area (Å²) in [5.41, 5.74) is 3.30. The molecule has 3 aromatic rings. The van der Waals surface area contributed by atoms with Gasteiger partial charge in [0.15, 0.2) is 6.04 Å². The molecule has 0 aliphatic carbocycles. The van der Waals surface area contributed by atoms with E-state index in [0.717, 1.165) is 16.7 Å². The fourth-order valence-electron chi connectivity index (χ4n) is 2.67. The average molecular weight is 361 g/mol. The molecule has 3 aromatic carbocycles. The van der Waals surface area contributed by atoms with Crippen LogP contribution in [-0.2, 0) is 16.1 Å². The Hall–Kier alpha value is -3.60. The lowest BCUT2D eigenvalue weighted by Crippen LogP contribution is -2.34. The normalized spacial score (nSPS) is 11.4. The van der Waals surface area contributed by atoms with Gasteiger partial charge in [-0.3, -0.25) is 0 Å². The molecule has 1 atom stereocenters. The van der Waals surface area contributed by atoms with Crippen molar-refractivity contribution in [3.05, 3.63) is 96.1 Å². The van der Waals surface area contributed by atoms with Crippen LogP contribution in [0.4, 0.5) is 4.79 Å². The second-order valence-electron chi connectivity index (χ2n) is 5.97. The molecule has 0 saturated heterocycles. The minimum atomic E-state index is -1.18. The molecule has 0 spiro atoms. The van der Waals surface area contributed by atoms with Gasteiger partial charge in [-0.05, 0) is 22.3 Å². The van der Waals surface area contributed by atoms with Crippen LogP contribution in [0.25, 0.3) is 11.1 Å². The van der Waals surface area contributed by atoms with E-state index in [-0.39, 0.29) is 6.61 Å². The summed E-state index contributed by atoms with van der Waals surface area (Å²) in [6.07, 6.45) is -0.779. The quantitative estimate of drug-likeness (QED) is 0.682. The highest BCUT2D eigenvalue weighted by Gasteiger charge is 2.22. The van der Waals surface area contributed by atoms with E-state index in [0.29, 0.717) is 5.56 Å². The highest BCUT2D eigenvalue weighted by Crippen LogP contribution is 2.22. The van der Waals surface area contributed by atoms with Gasteiger partial charge < -0.3 is 15.2 Å². The Balaban J connectivity index is 1.66. The Kier molecular flexibility index (Phi) is 5.84. The molecule has 0 fully saturated rings. The first kappa shape index (κ1) is 18.2. The number of alkyl carbamates (subject to hydrolysis) is 1. The molecule has 0 bridgehead atoms. The number of carbonyl (C=O) groups is 2. The highest BCUT2D eigenvalue weighted by molar-refractivity contribution is 5.81. The minimum Gasteiger partial charge on any atom is -0.479 e. The monoisotopic (exact) mass is 361 g/mol. The molecule has 1 unspecified atom stereocenters. The van der Waals surface area contributed by atoms with Crippen LogP contribution in [-0.4, -0.2) is 17.2 Å². The molecule has 5 heteroatoms. The predicted octanol–water partition coefficient (Wildman–Crippen LogP) is 4.41. The van der Waals surface area contributed by atoms with Crippen LogP contribution in [0.2, 0.25) is 0 Å². The number of carboxylic acids is 1. The van der Waals surface area contributed by atoms with Gasteiger partial charge in [-0.2, -0.15) is 0 Å². The molecule has 2 N–H and O–H groups in total. The predicted molar refractivity (Wildman–Crippen MR) is 102 cm³/mol. The maximum absolute atomic E-state index is 12.0. The number of hydrogen-bond donors (Lipinski definition) is 2. The Morgan fingerprint density at radius 1 is 0.815 bits per heavy atom. The summed E-state index contributed by atoms with van der Waals surface area (Å²) in [7, 11) is 0. The number of amides is 1. The third-order valence-electron chi connectivity index (χ3n) is 4.07. The van der Waals surface area contributed by atoms with Crippen LogP contribution in [0.3, 0.4) is 0 Å². The molecule has 3 rings (SSSR count). The van der Waals surface area contributed by atoms with Gasteiger partial charge in [-0.15, -0.1) is 0 Å². The smallest absolute Gasteiger partial charge is 0.408 e. The van der Waals surface area contributed by atoms with E-state index in [2.05, 4.69) is 5.32 Å². The van der Waals surface area contributed by atoms with E-state index in [1.807, 2.05) is 72.8 Å². The van der Waals surface area contributed by atoms with Crippen LogP contribution in [0.15, 0.2) is 84.9 Å². The molecule has 0 aromatic heterocycles. The van der Waals surface area contributed by atoms with E-state index >= 15 is 0 Å². The molecule has 0 aliphatic rings. The molecule has 5 nitrogen and oxygen atoms in total. The van der Waals surface area contributed by atoms with Crippen LogP contribution >= 0.6 is 0 Å². The highest BCUT2D eigenvalue weighted by atomic mass is 16.5. The minimum absolute atomic E-state index is 0.0754. The van der Waals surface area contributed by atoms with Gasteiger partial charge in [0, 0.05) is 0 Å². The maximum Gasteiger partial charge on any atom is 0.408 e. The van der Waals surface area contributed by atoms with Gasteiger partial charge in [-0.25, -0.2) is 9.59 Å². The van der Waals surface area contributed by atoms with Crippen molar-refractivity contribution in [2.75, 3.05) is 0 Å². The van der Waals surface area contributed by atoms with Crippen molar-refractivity contribution in [3.8, 4) is 11.1 Å². The third-order valence-corrected chi connectivity index (χ3v) is 4.07. The first-order valence-electron chi connectivity index (χ1n) is 8.49. The maximum atomic E-state index is 12.0. The lowest BCUT2D eigenvalue weighted by Gasteiger charge is -2.15. The molecule has 0 aliphatic heterocycles. The third kappa shape index (κ3) is 4.95. The van der Waals surface area contributed by atoms with Gasteiger partial charge in [0.25, 0.3) is 0 Å². The number of carbonyl (C=O) groups excluding carboxylic acids is 1. The summed E-state index contributed by atoms with van der Waals surface area (Å²) in [4.78, 5) is 23.6. The number of benzene rings is 3. The average Bonchev–Trinajstić information content (AvgIpc) is 2.72. The van der Waals surface area contributed by atoms with Crippen LogP contribution in [0.1, 0.15) is 17.2 Å². The Bertz CT molecular complexity index is 893. The van der Waals surface area contributed by atoms with Gasteiger partial charge in [0.1, 0.15) is 6.61 Å². The largest absolute Gasteiger partial charge is 0.479 e. The molecule has 0 radical (unpaired) electrons. The molecule has 27 heavy (non-hydrogen) atoms. The Morgan fingerprint density at radius 3 is 1.96 bits per heavy atom. The molecule has 0 saturated carbocycles. The number of hydrogen-bond acceptors (Lipinski definition) is 3. The van der Waals surface area contributed by atoms with Gasteiger partial charge in [-0.1, -0.05) is 84.9 Å². The summed E-state index contributed by atoms with van der Waals surface area (Å²) in [6.45, 7) is 0.0754. The van der Waals surface area contributed by atoms with Crippen molar-refractivity contribution in [1.29, 1.82) is 0 Å². The topological polar surface area (TPSA) is 75.6 Å². The van der Waals surface area contributed by atoms with E-state index in [1.165, 1.54) is 0 Å². The lowest BCUT2D eigenvalue weighted by molar-refractivity contribution is -0.139. The second kappa shape index (κ2) is 8.67. The first-order chi connectivity index (χ1) is 13.1. The van der Waals surface area contributed by atoms with Crippen molar-refractivity contribution in [1.82, 2.24) is 5.32 Å². The van der Waals surface area contributed by atoms with E-state index in [1.54, 1.807) is 12.1 Å². The zero-order chi connectivity index (χ0) is 19.1. The van der Waals surface area contributed by atoms with Gasteiger partial charge >= 0.3 is 12.1 Å². The molecular weight excluding hydrogens is 342 g/mol. The first-order valence-corrected chi connectivity index (χ1v) is 8.49. The van der Waals surface area contributed by atoms with Crippen molar-refractivity contribution >= 4 is 12.1 Å². The fourth-order valence-corrected chi connectivity index (χ4v) is 2.67. The van der Waals surface area contributed by atoms with Gasteiger partial charge in [0.05, 0.1) is 0 Å². The zero-order valence-electron chi connectivity index (χ0n) is 14.5. The standard InChI is InChI=1S/C22H19NO4/c24-21(25)20(23-22(26)27-15-16-7-3-1-4-8-16)19-13-11-18(12-14-19)17-9-5-2-6-10-17/h1-14,20H,15H2,(H,23,26)(H,24,25). The second-order valence-corrected chi connectivity index (χ2v) is 5.97. The summed E-state index contributed by atoms with van der Waals surface area (Å²) in [5.74, 6) is -1.15. The number of aliphatic carboxylic acids is 1. The molecule has 136 valence electrons. The van der Waals surface area contributed by atoms with Gasteiger partial charge in [0.2, 0.25) is 0 Å². The SMILES string of the molecule is O=C(NC(C(=O)O)c1ccc(-c2ccccc2)cc1)OCc1ccccc1. The van der Waals surface area contributed by atoms with Crippen LogP contribution in [0, 0.1) is 0 Å². The summed E-state index contributed by atoms with van der Waals surface area (Å²) in [5, 5.41) is 11.9. The Morgan fingerprint density at radius 2 is 1.37 bits per heavy atom. The zero-order valence-corrected chi connectivity index (χ0v) is 14.5. The van der Waals surface area contributed by atoms with E-state index in [9.17, 15) is 14.7 Å². The molecular formula is C22H19NO4. The van der Waals surface area contributed by atoms with Crippen molar-refractivity contribution in [2.24, 2.45) is 0 Å². The number of carboxylic acid groups (broad SMARTS) is 1. The number of nitrogens with one attached hydrogen (secondary N) is 1. The molecule has 0 heterocycles. The molecule has 1 amide bonds. The van der Waals surface area contributed by atoms with E-state index < -0.39 is 18.1 Å². The summed E-state index contributed by atoms with van der Waals surface area (Å²) >= 11 is 0. The van der Waals surface area contributed by atoms with Crippen LogP contribution < -0.4 is 5.32 Å². The van der Waals surface area contributed by atoms with E-state index in [4.69, 9.17) is 4.74 Å². The number of rotatable bonds is 6. The lowest BCUT2D eigenvalue weighted by atomic mass is 10.0. The fraction of sp³-hybridized carbons (Fsp3) is 0.0909. The number of ether oxygens (including phenoxy) is 1. The van der Waals surface area contributed by atoms with Crippen molar-refractivity contribution < 1.29 is 19.4 Å².